The zero-order valence-electron chi connectivity index (χ0n) is 25.4. The van der Waals surface area contributed by atoms with Gasteiger partial charge in [-0.25, -0.2) is 0 Å². The van der Waals surface area contributed by atoms with Gasteiger partial charge in [-0.2, -0.15) is 0 Å². The van der Waals surface area contributed by atoms with Gasteiger partial charge in [0.2, 0.25) is 5.91 Å². The van der Waals surface area contributed by atoms with E-state index in [0.29, 0.717) is 19.3 Å². The van der Waals surface area contributed by atoms with Crippen molar-refractivity contribution in [2.24, 2.45) is 0 Å². The second-order valence-corrected chi connectivity index (χ2v) is 11.1. The van der Waals surface area contributed by atoms with Crippen LogP contribution in [-0.4, -0.2) is 57.3 Å². The van der Waals surface area contributed by atoms with E-state index in [1.54, 1.807) is 0 Å². The van der Waals surface area contributed by atoms with Gasteiger partial charge in [0.25, 0.3) is 0 Å². The third kappa shape index (κ3) is 23.2. The highest BCUT2D eigenvalue weighted by molar-refractivity contribution is 5.80. The zero-order valence-corrected chi connectivity index (χ0v) is 25.4. The highest BCUT2D eigenvalue weighted by Crippen LogP contribution is 2.13. The molecule has 0 spiro atoms. The van der Waals surface area contributed by atoms with E-state index >= 15 is 0 Å². The molecule has 0 fully saturated rings. The second-order valence-electron chi connectivity index (χ2n) is 11.1. The molecule has 230 valence electrons. The van der Waals surface area contributed by atoms with Crippen molar-refractivity contribution in [1.29, 1.82) is 0 Å². The first-order chi connectivity index (χ1) is 19.0. The van der Waals surface area contributed by atoms with Crippen LogP contribution in [0.3, 0.4) is 0 Å². The van der Waals surface area contributed by atoms with Gasteiger partial charge in [-0.1, -0.05) is 122 Å². The normalized spacial score (nSPS) is 15.1. The minimum Gasteiger partial charge on any atom is -0.394 e. The van der Waals surface area contributed by atoms with Crippen LogP contribution in [0, 0.1) is 0 Å². The first kappa shape index (κ1) is 37.8. The summed E-state index contributed by atoms with van der Waals surface area (Å²) in [7, 11) is 0. The molecular weight excluding hydrogens is 490 g/mol. The van der Waals surface area contributed by atoms with Crippen LogP contribution >= 0.6 is 0 Å². The predicted octanol–water partition coefficient (Wildman–Crippen LogP) is 6.89. The van der Waals surface area contributed by atoms with E-state index < -0.39 is 36.9 Å². The molecule has 0 aliphatic heterocycles. The summed E-state index contributed by atoms with van der Waals surface area (Å²) < 4.78 is 0. The van der Waals surface area contributed by atoms with Gasteiger partial charge < -0.3 is 25.7 Å². The number of rotatable bonds is 28. The summed E-state index contributed by atoms with van der Waals surface area (Å²) >= 11 is 0. The topological polar surface area (TPSA) is 110 Å². The van der Waals surface area contributed by atoms with Crippen molar-refractivity contribution in [3.8, 4) is 0 Å². The number of hydrogen-bond acceptors (Lipinski definition) is 5. The number of aliphatic hydroxyl groups is 4. The predicted molar refractivity (Wildman–Crippen MR) is 164 cm³/mol. The number of carbonyl (C=O) groups is 1. The molecule has 0 saturated heterocycles. The Kier molecular flexibility index (Phi) is 27.4. The molecule has 0 radical (unpaired) electrons. The van der Waals surface area contributed by atoms with E-state index in [-0.39, 0.29) is 0 Å². The second kappa shape index (κ2) is 28.3. The van der Waals surface area contributed by atoms with E-state index in [2.05, 4.69) is 43.5 Å². The molecule has 0 heterocycles. The molecule has 1 amide bonds. The first-order valence-corrected chi connectivity index (χ1v) is 16.2. The van der Waals surface area contributed by atoms with Crippen LogP contribution in [0.4, 0.5) is 0 Å². The Morgan fingerprint density at radius 1 is 0.615 bits per heavy atom. The van der Waals surface area contributed by atoms with Crippen molar-refractivity contribution in [2.45, 2.75) is 173 Å². The molecule has 5 N–H and O–H groups in total. The standard InChI is InChI=1S/C33H63NO5/c1-3-5-7-9-11-13-14-15-16-17-18-19-21-22-24-26-30(36)32(38)29(28-35)34-33(39)31(37)27-25-23-20-12-10-8-6-4-2/h15-16,19,21,29-32,35-38H,3-14,17-18,20,22-28H2,1-2H3,(H,34,39)/b16-15+,21-19+. The Morgan fingerprint density at radius 3 is 1.62 bits per heavy atom. The van der Waals surface area contributed by atoms with Crippen LogP contribution in [0.5, 0.6) is 0 Å². The highest BCUT2D eigenvalue weighted by Gasteiger charge is 2.28. The monoisotopic (exact) mass is 553 g/mol. The molecule has 0 aromatic carbocycles. The number of amides is 1. The molecule has 0 saturated carbocycles. The summed E-state index contributed by atoms with van der Waals surface area (Å²) in [4.78, 5) is 12.3. The maximum absolute atomic E-state index is 12.3. The van der Waals surface area contributed by atoms with Crippen molar-refractivity contribution in [3.05, 3.63) is 24.3 Å². The summed E-state index contributed by atoms with van der Waals surface area (Å²) in [6, 6.07) is -1.00. The van der Waals surface area contributed by atoms with E-state index in [4.69, 9.17) is 0 Å². The minimum absolute atomic E-state index is 0.360. The highest BCUT2D eigenvalue weighted by atomic mass is 16.3. The Morgan fingerprint density at radius 2 is 1.08 bits per heavy atom. The number of nitrogens with one attached hydrogen (secondary N) is 1. The maximum Gasteiger partial charge on any atom is 0.249 e. The molecule has 0 aromatic rings. The number of hydrogen-bond donors (Lipinski definition) is 5. The molecule has 4 atom stereocenters. The third-order valence-corrected chi connectivity index (χ3v) is 7.39. The van der Waals surface area contributed by atoms with Crippen LogP contribution in [0.25, 0.3) is 0 Å². The van der Waals surface area contributed by atoms with E-state index in [1.807, 2.05) is 0 Å². The van der Waals surface area contributed by atoms with Crippen molar-refractivity contribution in [2.75, 3.05) is 6.61 Å². The number of carbonyl (C=O) groups excluding carboxylic acids is 1. The Hall–Kier alpha value is -1.21. The van der Waals surface area contributed by atoms with Gasteiger partial charge in [-0.15, -0.1) is 0 Å². The average molecular weight is 554 g/mol. The Labute approximate surface area is 240 Å². The molecule has 0 bridgehead atoms. The van der Waals surface area contributed by atoms with Crippen LogP contribution in [0.15, 0.2) is 24.3 Å². The molecule has 4 unspecified atom stereocenters. The Bertz CT molecular complexity index is 595. The van der Waals surface area contributed by atoms with Gasteiger partial charge in [0.15, 0.2) is 0 Å². The quantitative estimate of drug-likeness (QED) is 0.0535. The lowest BCUT2D eigenvalue weighted by Gasteiger charge is -2.27. The van der Waals surface area contributed by atoms with Crippen molar-refractivity contribution in [1.82, 2.24) is 5.32 Å². The van der Waals surface area contributed by atoms with Crippen LogP contribution < -0.4 is 5.32 Å². The van der Waals surface area contributed by atoms with Crippen LogP contribution in [0.2, 0.25) is 0 Å². The summed E-state index contributed by atoms with van der Waals surface area (Å²) in [6.07, 6.45) is 27.8. The van der Waals surface area contributed by atoms with Crippen molar-refractivity contribution in [3.63, 3.8) is 0 Å². The first-order valence-electron chi connectivity index (χ1n) is 16.2. The molecular formula is C33H63NO5. The molecule has 39 heavy (non-hydrogen) atoms. The molecule has 6 heteroatoms. The summed E-state index contributed by atoms with van der Waals surface area (Å²) in [5.41, 5.74) is 0. The van der Waals surface area contributed by atoms with E-state index in [0.717, 1.165) is 38.5 Å². The lowest BCUT2D eigenvalue weighted by atomic mass is 10.00. The number of aliphatic hydroxyl groups excluding tert-OH is 4. The van der Waals surface area contributed by atoms with Gasteiger partial charge >= 0.3 is 0 Å². The largest absolute Gasteiger partial charge is 0.394 e. The van der Waals surface area contributed by atoms with Gasteiger partial charge in [0.1, 0.15) is 12.2 Å². The molecule has 0 aromatic heterocycles. The summed E-state index contributed by atoms with van der Waals surface area (Å²) in [6.45, 7) is 3.94. The molecule has 0 rings (SSSR count). The van der Waals surface area contributed by atoms with E-state index in [1.165, 1.54) is 77.0 Å². The van der Waals surface area contributed by atoms with Gasteiger partial charge in [-0.3, -0.25) is 4.79 Å². The SMILES string of the molecule is CCCCCCCC/C=C/CC/C=C/CCCC(O)C(O)C(CO)NC(=O)C(O)CCCCCCCCCC. The average Bonchev–Trinajstić information content (AvgIpc) is 2.94. The lowest BCUT2D eigenvalue weighted by molar-refractivity contribution is -0.132. The summed E-state index contributed by atoms with van der Waals surface area (Å²) in [5.74, 6) is -0.604. The Balaban J connectivity index is 3.96. The fourth-order valence-electron chi connectivity index (χ4n) is 4.71. The minimum atomic E-state index is -1.28. The smallest absolute Gasteiger partial charge is 0.249 e. The fourth-order valence-corrected chi connectivity index (χ4v) is 4.71. The van der Waals surface area contributed by atoms with Gasteiger partial charge in [0, 0.05) is 0 Å². The van der Waals surface area contributed by atoms with Crippen molar-refractivity contribution < 1.29 is 25.2 Å². The molecule has 0 aliphatic rings. The van der Waals surface area contributed by atoms with Crippen LogP contribution in [0.1, 0.15) is 149 Å². The lowest BCUT2D eigenvalue weighted by Crippen LogP contribution is -2.53. The van der Waals surface area contributed by atoms with Crippen molar-refractivity contribution >= 4 is 5.91 Å². The van der Waals surface area contributed by atoms with Gasteiger partial charge in [-0.05, 0) is 51.4 Å². The number of unbranched alkanes of at least 4 members (excludes halogenated alkanes) is 15. The van der Waals surface area contributed by atoms with Gasteiger partial charge in [0.05, 0.1) is 18.8 Å². The van der Waals surface area contributed by atoms with E-state index in [9.17, 15) is 25.2 Å². The third-order valence-electron chi connectivity index (χ3n) is 7.39. The van der Waals surface area contributed by atoms with Crippen LogP contribution in [-0.2, 0) is 4.79 Å². The number of allylic oxidation sites excluding steroid dienone is 4. The fraction of sp³-hybridized carbons (Fsp3) is 0.848. The zero-order chi connectivity index (χ0) is 29.0. The maximum atomic E-state index is 12.3. The molecule has 6 nitrogen and oxygen atoms in total. The molecule has 0 aliphatic carbocycles. The summed E-state index contributed by atoms with van der Waals surface area (Å²) in [5, 5.41) is 43.1.